The van der Waals surface area contributed by atoms with Gasteiger partial charge in [0.15, 0.2) is 0 Å². The number of carbonyl (C=O) groups is 1. The van der Waals surface area contributed by atoms with Crippen LogP contribution < -0.4 is 0 Å². The number of aliphatic hydroxyl groups excluding tert-OH is 1. The minimum absolute atomic E-state index is 0.103. The van der Waals surface area contributed by atoms with Gasteiger partial charge in [0, 0.05) is 22.0 Å². The van der Waals surface area contributed by atoms with Crippen LogP contribution in [0, 0.1) is 0 Å². The molecule has 1 amide bonds. The van der Waals surface area contributed by atoms with E-state index in [1.807, 2.05) is 28.5 Å². The Bertz CT molecular complexity index is 687. The van der Waals surface area contributed by atoms with Gasteiger partial charge < -0.3 is 10.0 Å². The van der Waals surface area contributed by atoms with Crippen LogP contribution in [0.4, 0.5) is 0 Å². The SMILES string of the molecule is O=C(c1csc2ccccc12)N1CCC(O)C12CCCC2. The fraction of sp³-hybridized carbons (Fsp3) is 0.471. The summed E-state index contributed by atoms with van der Waals surface area (Å²) in [6.45, 7) is 0.685. The van der Waals surface area contributed by atoms with Crippen molar-refractivity contribution >= 4 is 27.3 Å². The molecular formula is C17H19NO2S. The Labute approximate surface area is 128 Å². The molecule has 0 radical (unpaired) electrons. The molecule has 4 rings (SSSR count). The van der Waals surface area contributed by atoms with Crippen molar-refractivity contribution in [1.82, 2.24) is 4.90 Å². The standard InChI is InChI=1S/C17H19NO2S/c19-15-7-10-18(17(15)8-3-4-9-17)16(20)13-11-21-14-6-2-1-5-12(13)14/h1-2,5-6,11,15,19H,3-4,7-10H2. The molecule has 0 bridgehead atoms. The summed E-state index contributed by atoms with van der Waals surface area (Å²) < 4.78 is 1.15. The summed E-state index contributed by atoms with van der Waals surface area (Å²) in [4.78, 5) is 15.0. The van der Waals surface area contributed by atoms with E-state index in [0.717, 1.165) is 41.3 Å². The van der Waals surface area contributed by atoms with Crippen LogP contribution in [0.15, 0.2) is 29.6 Å². The van der Waals surface area contributed by atoms with Gasteiger partial charge in [0.1, 0.15) is 0 Å². The molecule has 110 valence electrons. The average molecular weight is 301 g/mol. The molecule has 1 saturated carbocycles. The third kappa shape index (κ3) is 1.86. The largest absolute Gasteiger partial charge is 0.391 e. The number of thiophene rings is 1. The smallest absolute Gasteiger partial charge is 0.255 e. The number of aliphatic hydroxyl groups is 1. The number of hydrogen-bond acceptors (Lipinski definition) is 3. The highest BCUT2D eigenvalue weighted by Gasteiger charge is 2.51. The zero-order valence-electron chi connectivity index (χ0n) is 11.9. The molecule has 2 fully saturated rings. The van der Waals surface area contributed by atoms with Crippen molar-refractivity contribution in [2.45, 2.75) is 43.7 Å². The van der Waals surface area contributed by atoms with Crippen molar-refractivity contribution in [3.8, 4) is 0 Å². The average Bonchev–Trinajstić information content (AvgIpc) is 3.21. The van der Waals surface area contributed by atoms with Gasteiger partial charge in [0.25, 0.3) is 5.91 Å². The van der Waals surface area contributed by atoms with E-state index in [-0.39, 0.29) is 17.6 Å². The number of amides is 1. The first-order valence-electron chi connectivity index (χ1n) is 7.69. The van der Waals surface area contributed by atoms with Gasteiger partial charge in [-0.25, -0.2) is 0 Å². The molecule has 1 atom stereocenters. The van der Waals surface area contributed by atoms with Crippen molar-refractivity contribution in [3.05, 3.63) is 35.2 Å². The van der Waals surface area contributed by atoms with Crippen LogP contribution in [-0.4, -0.2) is 34.1 Å². The Morgan fingerprint density at radius 1 is 1.29 bits per heavy atom. The first-order valence-corrected chi connectivity index (χ1v) is 8.57. The molecule has 1 N–H and O–H groups in total. The topological polar surface area (TPSA) is 40.5 Å². The van der Waals surface area contributed by atoms with Crippen LogP contribution in [0.3, 0.4) is 0 Å². The summed E-state index contributed by atoms with van der Waals surface area (Å²) in [6.07, 6.45) is 4.49. The Hall–Kier alpha value is -1.39. The number of likely N-dealkylation sites (tertiary alicyclic amines) is 1. The van der Waals surface area contributed by atoms with E-state index in [4.69, 9.17) is 0 Å². The van der Waals surface area contributed by atoms with Crippen molar-refractivity contribution < 1.29 is 9.90 Å². The van der Waals surface area contributed by atoms with Gasteiger partial charge in [-0.3, -0.25) is 4.79 Å². The fourth-order valence-electron chi connectivity index (χ4n) is 4.11. The molecule has 1 aliphatic heterocycles. The Balaban J connectivity index is 1.74. The molecule has 1 spiro atoms. The third-order valence-corrected chi connectivity index (χ3v) is 6.17. The zero-order chi connectivity index (χ0) is 14.4. The quantitative estimate of drug-likeness (QED) is 0.877. The molecule has 3 nitrogen and oxygen atoms in total. The van der Waals surface area contributed by atoms with Crippen LogP contribution in [0.2, 0.25) is 0 Å². The van der Waals surface area contributed by atoms with Gasteiger partial charge in [-0.15, -0.1) is 11.3 Å². The summed E-state index contributed by atoms with van der Waals surface area (Å²) in [5.41, 5.74) is 0.510. The highest BCUT2D eigenvalue weighted by Crippen LogP contribution is 2.44. The highest BCUT2D eigenvalue weighted by atomic mass is 32.1. The van der Waals surface area contributed by atoms with Gasteiger partial charge in [-0.2, -0.15) is 0 Å². The minimum atomic E-state index is -0.353. The molecule has 1 saturated heterocycles. The lowest BCUT2D eigenvalue weighted by Crippen LogP contribution is -2.50. The second kappa shape index (κ2) is 4.82. The molecule has 2 aliphatic rings. The molecule has 1 aromatic heterocycles. The number of benzene rings is 1. The van der Waals surface area contributed by atoms with Crippen LogP contribution >= 0.6 is 11.3 Å². The Morgan fingerprint density at radius 3 is 2.86 bits per heavy atom. The molecule has 2 heterocycles. The lowest BCUT2D eigenvalue weighted by Gasteiger charge is -2.37. The second-order valence-corrected chi connectivity index (χ2v) is 7.13. The number of hydrogen-bond donors (Lipinski definition) is 1. The van der Waals surface area contributed by atoms with Crippen LogP contribution in [-0.2, 0) is 0 Å². The van der Waals surface area contributed by atoms with Gasteiger partial charge in [-0.05, 0) is 25.3 Å². The number of fused-ring (bicyclic) bond motifs is 1. The molecule has 2 aromatic rings. The predicted molar refractivity (Wildman–Crippen MR) is 84.7 cm³/mol. The molecule has 21 heavy (non-hydrogen) atoms. The van der Waals surface area contributed by atoms with Gasteiger partial charge in [0.05, 0.1) is 17.2 Å². The number of nitrogens with zero attached hydrogens (tertiary/aromatic N) is 1. The first-order chi connectivity index (χ1) is 10.2. The van der Waals surface area contributed by atoms with E-state index in [2.05, 4.69) is 6.07 Å². The summed E-state index contributed by atoms with van der Waals surface area (Å²) in [7, 11) is 0. The minimum Gasteiger partial charge on any atom is -0.391 e. The van der Waals surface area contributed by atoms with Gasteiger partial charge in [0.2, 0.25) is 0 Å². The lowest BCUT2D eigenvalue weighted by atomic mass is 9.91. The molecule has 1 unspecified atom stereocenters. The monoisotopic (exact) mass is 301 g/mol. The zero-order valence-corrected chi connectivity index (χ0v) is 12.7. The highest BCUT2D eigenvalue weighted by molar-refractivity contribution is 7.17. The van der Waals surface area contributed by atoms with Crippen molar-refractivity contribution in [2.24, 2.45) is 0 Å². The number of carbonyl (C=O) groups excluding carboxylic acids is 1. The normalized spacial score (nSPS) is 24.2. The summed E-state index contributed by atoms with van der Waals surface area (Å²) in [5.74, 6) is 0.103. The van der Waals surface area contributed by atoms with Crippen molar-refractivity contribution in [3.63, 3.8) is 0 Å². The van der Waals surface area contributed by atoms with E-state index < -0.39 is 0 Å². The molecule has 1 aliphatic carbocycles. The second-order valence-electron chi connectivity index (χ2n) is 6.22. The number of rotatable bonds is 1. The van der Waals surface area contributed by atoms with Crippen molar-refractivity contribution in [2.75, 3.05) is 6.54 Å². The van der Waals surface area contributed by atoms with E-state index in [0.29, 0.717) is 13.0 Å². The summed E-state index contributed by atoms with van der Waals surface area (Å²) in [6, 6.07) is 8.06. The van der Waals surface area contributed by atoms with E-state index >= 15 is 0 Å². The summed E-state index contributed by atoms with van der Waals surface area (Å²) >= 11 is 1.62. The molecular weight excluding hydrogens is 282 g/mol. The van der Waals surface area contributed by atoms with Gasteiger partial charge >= 0.3 is 0 Å². The molecule has 4 heteroatoms. The Morgan fingerprint density at radius 2 is 2.05 bits per heavy atom. The fourth-order valence-corrected chi connectivity index (χ4v) is 5.04. The van der Waals surface area contributed by atoms with E-state index in [1.54, 1.807) is 11.3 Å². The third-order valence-electron chi connectivity index (χ3n) is 5.21. The van der Waals surface area contributed by atoms with E-state index in [1.165, 1.54) is 0 Å². The van der Waals surface area contributed by atoms with Crippen molar-refractivity contribution in [1.29, 1.82) is 0 Å². The maximum Gasteiger partial charge on any atom is 0.255 e. The molecule has 1 aromatic carbocycles. The maximum absolute atomic E-state index is 13.1. The lowest BCUT2D eigenvalue weighted by molar-refractivity contribution is 0.0262. The van der Waals surface area contributed by atoms with Crippen LogP contribution in [0.25, 0.3) is 10.1 Å². The van der Waals surface area contributed by atoms with Crippen LogP contribution in [0.1, 0.15) is 42.5 Å². The van der Waals surface area contributed by atoms with Crippen LogP contribution in [0.5, 0.6) is 0 Å². The first kappa shape index (κ1) is 13.3. The van der Waals surface area contributed by atoms with E-state index in [9.17, 15) is 9.90 Å². The predicted octanol–water partition coefficient (Wildman–Crippen LogP) is 3.42. The van der Waals surface area contributed by atoms with Gasteiger partial charge in [-0.1, -0.05) is 31.0 Å². The summed E-state index contributed by atoms with van der Waals surface area (Å²) in [5, 5.41) is 13.4. The Kier molecular flexibility index (Phi) is 3.05. The maximum atomic E-state index is 13.1.